The van der Waals surface area contributed by atoms with Crippen LogP contribution in [-0.4, -0.2) is 37.0 Å². The van der Waals surface area contributed by atoms with Crippen LogP contribution in [0.25, 0.3) is 0 Å². The van der Waals surface area contributed by atoms with Crippen LogP contribution in [-0.2, 0) is 14.3 Å². The van der Waals surface area contributed by atoms with Gasteiger partial charge in [-0.2, -0.15) is 0 Å². The van der Waals surface area contributed by atoms with Gasteiger partial charge in [0.25, 0.3) is 0 Å². The van der Waals surface area contributed by atoms with Crippen molar-refractivity contribution < 1.29 is 14.3 Å². The first-order valence-electron chi connectivity index (χ1n) is 4.04. The van der Waals surface area contributed by atoms with E-state index >= 15 is 0 Å². The van der Waals surface area contributed by atoms with E-state index in [1.165, 1.54) is 7.11 Å². The number of amides is 1. The van der Waals surface area contributed by atoms with Crippen LogP contribution in [0, 0.1) is 5.92 Å². The molecule has 0 aliphatic carbocycles. The van der Waals surface area contributed by atoms with Crippen LogP contribution >= 0.6 is 0 Å². The summed E-state index contributed by atoms with van der Waals surface area (Å²) in [6.07, 6.45) is 0.306. The molecule has 0 N–H and O–H groups in total. The Morgan fingerprint density at radius 3 is 2.83 bits per heavy atom. The molecule has 1 atom stereocenters. The van der Waals surface area contributed by atoms with E-state index in [1.54, 1.807) is 4.90 Å². The van der Waals surface area contributed by atoms with Crippen molar-refractivity contribution in [3.8, 4) is 0 Å². The first kappa shape index (κ1) is 9.03. The quantitative estimate of drug-likeness (QED) is 0.550. The zero-order valence-corrected chi connectivity index (χ0v) is 7.37. The van der Waals surface area contributed by atoms with Gasteiger partial charge in [0, 0.05) is 19.5 Å². The molecule has 0 aromatic carbocycles. The third-order valence-corrected chi connectivity index (χ3v) is 2.13. The van der Waals surface area contributed by atoms with Gasteiger partial charge in [-0.15, -0.1) is 0 Å². The van der Waals surface area contributed by atoms with Crippen LogP contribution in [0.15, 0.2) is 0 Å². The molecule has 4 heteroatoms. The molecular formula is C8H13NO3. The van der Waals surface area contributed by atoms with Gasteiger partial charge in [-0.1, -0.05) is 0 Å². The van der Waals surface area contributed by atoms with E-state index in [0.717, 1.165) is 0 Å². The fourth-order valence-electron chi connectivity index (χ4n) is 1.40. The Bertz CT molecular complexity index is 200. The van der Waals surface area contributed by atoms with Crippen LogP contribution in [0.5, 0.6) is 0 Å². The monoisotopic (exact) mass is 171 g/mol. The highest BCUT2D eigenvalue weighted by molar-refractivity contribution is 5.86. The van der Waals surface area contributed by atoms with E-state index in [9.17, 15) is 9.59 Å². The topological polar surface area (TPSA) is 46.6 Å². The zero-order valence-electron chi connectivity index (χ0n) is 7.37. The van der Waals surface area contributed by atoms with Crippen molar-refractivity contribution in [2.75, 3.05) is 20.2 Å². The summed E-state index contributed by atoms with van der Waals surface area (Å²) < 4.78 is 4.56. The zero-order chi connectivity index (χ0) is 9.14. The van der Waals surface area contributed by atoms with Crippen LogP contribution in [0.1, 0.15) is 13.3 Å². The second kappa shape index (κ2) is 3.56. The number of carbonyl (C=O) groups excluding carboxylic acids is 2. The Hall–Kier alpha value is -1.06. The molecule has 0 aromatic heterocycles. The molecule has 1 rings (SSSR count). The molecule has 0 unspecified atom stereocenters. The first-order valence-corrected chi connectivity index (χ1v) is 4.04. The molecule has 12 heavy (non-hydrogen) atoms. The van der Waals surface area contributed by atoms with Crippen LogP contribution in [0.3, 0.4) is 0 Å². The van der Waals surface area contributed by atoms with Crippen LogP contribution < -0.4 is 0 Å². The van der Waals surface area contributed by atoms with Gasteiger partial charge in [-0.25, -0.2) is 0 Å². The lowest BCUT2D eigenvalue weighted by atomic mass is 10.1. The predicted octanol–water partition coefficient (Wildman–Crippen LogP) is 0.0278. The van der Waals surface area contributed by atoms with Crippen molar-refractivity contribution in [2.24, 2.45) is 5.92 Å². The van der Waals surface area contributed by atoms with E-state index in [4.69, 9.17) is 0 Å². The number of methoxy groups -OCH3 is 1. The van der Waals surface area contributed by atoms with Crippen molar-refractivity contribution in [3.63, 3.8) is 0 Å². The lowest BCUT2D eigenvalue weighted by molar-refractivity contribution is -0.145. The number of hydrogen-bond acceptors (Lipinski definition) is 3. The summed E-state index contributed by atoms with van der Waals surface area (Å²) in [6, 6.07) is 0. The number of rotatable bonds is 2. The van der Waals surface area contributed by atoms with Gasteiger partial charge < -0.3 is 9.64 Å². The summed E-state index contributed by atoms with van der Waals surface area (Å²) in [5, 5.41) is 0. The number of carbonyl (C=O) groups is 2. The minimum atomic E-state index is -0.278. The summed E-state index contributed by atoms with van der Waals surface area (Å²) in [4.78, 5) is 23.8. The van der Waals surface area contributed by atoms with E-state index in [-0.39, 0.29) is 17.8 Å². The first-order chi connectivity index (χ1) is 5.69. The van der Waals surface area contributed by atoms with E-state index < -0.39 is 0 Å². The molecule has 0 aromatic rings. The van der Waals surface area contributed by atoms with Gasteiger partial charge in [0.1, 0.15) is 0 Å². The molecule has 68 valence electrons. The molecule has 4 nitrogen and oxygen atoms in total. The van der Waals surface area contributed by atoms with Gasteiger partial charge in [0.15, 0.2) is 0 Å². The van der Waals surface area contributed by atoms with E-state index in [2.05, 4.69) is 4.74 Å². The van der Waals surface area contributed by atoms with Gasteiger partial charge in [-0.05, 0) is 6.92 Å². The maximum atomic E-state index is 11.2. The highest BCUT2D eigenvalue weighted by atomic mass is 16.5. The van der Waals surface area contributed by atoms with Crippen LogP contribution in [0.2, 0.25) is 0 Å². The lowest BCUT2D eigenvalue weighted by Gasteiger charge is -2.12. The molecule has 1 saturated heterocycles. The van der Waals surface area contributed by atoms with Gasteiger partial charge >= 0.3 is 5.97 Å². The van der Waals surface area contributed by atoms with Gasteiger partial charge in [0.05, 0.1) is 13.0 Å². The van der Waals surface area contributed by atoms with Crippen molar-refractivity contribution in [1.29, 1.82) is 0 Å². The molecule has 1 amide bonds. The van der Waals surface area contributed by atoms with Crippen molar-refractivity contribution >= 4 is 11.9 Å². The molecule has 0 saturated carbocycles. The van der Waals surface area contributed by atoms with E-state index in [0.29, 0.717) is 19.5 Å². The smallest absolute Gasteiger partial charge is 0.310 e. The molecule has 1 fully saturated rings. The summed E-state index contributed by atoms with van der Waals surface area (Å²) in [6.45, 7) is 3.09. The molecule has 0 bridgehead atoms. The SMILES string of the molecule is CCN1C[C@H](C(=O)OC)CC1=O. The average molecular weight is 171 g/mol. The highest BCUT2D eigenvalue weighted by Crippen LogP contribution is 2.18. The largest absolute Gasteiger partial charge is 0.469 e. The number of esters is 1. The molecule has 1 aliphatic rings. The Labute approximate surface area is 71.5 Å². The Morgan fingerprint density at radius 2 is 2.42 bits per heavy atom. The minimum Gasteiger partial charge on any atom is -0.469 e. The van der Waals surface area contributed by atoms with Crippen LogP contribution in [0.4, 0.5) is 0 Å². The summed E-state index contributed by atoms with van der Waals surface area (Å²) in [7, 11) is 1.35. The number of ether oxygens (including phenoxy) is 1. The number of likely N-dealkylation sites (tertiary alicyclic amines) is 1. The number of hydrogen-bond donors (Lipinski definition) is 0. The van der Waals surface area contributed by atoms with Gasteiger partial charge in [0.2, 0.25) is 5.91 Å². The lowest BCUT2D eigenvalue weighted by Crippen LogP contribution is -2.26. The van der Waals surface area contributed by atoms with Crippen molar-refractivity contribution in [1.82, 2.24) is 4.90 Å². The average Bonchev–Trinajstić information content (AvgIpc) is 2.45. The molecular weight excluding hydrogens is 158 g/mol. The Kier molecular flexibility index (Phi) is 2.68. The number of nitrogens with zero attached hydrogens (tertiary/aromatic N) is 1. The summed E-state index contributed by atoms with van der Waals surface area (Å²) in [5.74, 6) is -0.477. The van der Waals surface area contributed by atoms with Crippen molar-refractivity contribution in [2.45, 2.75) is 13.3 Å². The summed E-state index contributed by atoms with van der Waals surface area (Å²) >= 11 is 0. The second-order valence-corrected chi connectivity index (χ2v) is 2.86. The van der Waals surface area contributed by atoms with Gasteiger partial charge in [-0.3, -0.25) is 9.59 Å². The van der Waals surface area contributed by atoms with E-state index in [1.807, 2.05) is 6.92 Å². The fraction of sp³-hybridized carbons (Fsp3) is 0.750. The third-order valence-electron chi connectivity index (χ3n) is 2.13. The van der Waals surface area contributed by atoms with Crippen molar-refractivity contribution in [3.05, 3.63) is 0 Å². The fourth-order valence-corrected chi connectivity index (χ4v) is 1.40. The third kappa shape index (κ3) is 1.57. The second-order valence-electron chi connectivity index (χ2n) is 2.86. The highest BCUT2D eigenvalue weighted by Gasteiger charge is 2.33. The maximum absolute atomic E-state index is 11.2. The maximum Gasteiger partial charge on any atom is 0.310 e. The molecule has 0 radical (unpaired) electrons. The predicted molar refractivity (Wildman–Crippen MR) is 42.4 cm³/mol. The Morgan fingerprint density at radius 1 is 1.75 bits per heavy atom. The normalized spacial score (nSPS) is 23.0. The Balaban J connectivity index is 2.54. The summed E-state index contributed by atoms with van der Waals surface area (Å²) in [5.41, 5.74) is 0. The minimum absolute atomic E-state index is 0.0490. The molecule has 0 spiro atoms. The molecule has 1 aliphatic heterocycles. The standard InChI is InChI=1S/C8H13NO3/c1-3-9-5-6(4-7(9)10)8(11)12-2/h6H,3-5H2,1-2H3/t6-/m1/s1. The molecule has 1 heterocycles.